The molecule has 8 aromatic carbocycles. The van der Waals surface area contributed by atoms with Crippen molar-refractivity contribution < 1.29 is 120 Å². The van der Waals surface area contributed by atoms with Crippen LogP contribution in [0.3, 0.4) is 0 Å². The van der Waals surface area contributed by atoms with Crippen molar-refractivity contribution in [3.8, 4) is 115 Å². The van der Waals surface area contributed by atoms with Gasteiger partial charge in [0.1, 0.15) is 93.4 Å². The number of aliphatic hydroxyl groups excluding tert-OH is 4. The molecule has 18 N–H and O–H groups in total. The van der Waals surface area contributed by atoms with E-state index in [1.807, 2.05) is 0 Å². The first-order chi connectivity index (χ1) is 40.0. The highest BCUT2D eigenvalue weighted by Gasteiger charge is 2.66. The van der Waals surface area contributed by atoms with Crippen LogP contribution in [0.15, 0.2) is 103 Å². The standard InChI is InChI=1S/C60H46O24/c61-23-13-35(72)41-39(15-23)81-59(21-3-7-28(65)33(70)11-21)57(77)45(41)48-54-47(55-49(56(48)84-59)46-42-36(73)14-24(62)16-40(42)82-60(83-55,58(46)78)22-4-8-29(66)34(71)12-22)44(50(76)52(80-54)20-2-6-27(64)32(69)10-20)43-37(74)18-30(67)25-17-38(75)51(79-53(25)43)19-1-5-26(63)31(68)9-19/h1-16,18,38,44-46,50-52,57-58,61-78H,17H2/t38-,44+,45-,46-,50-,51-,52-,57-,58-,59+,60+/m1/s1. The molecule has 24 heteroatoms. The van der Waals surface area contributed by atoms with E-state index in [1.165, 1.54) is 24.3 Å². The third-order valence-corrected chi connectivity index (χ3v) is 16.7. The molecule has 6 heterocycles. The molecule has 0 amide bonds. The SMILES string of the molecule is Oc1cc(O)c2c(c1)O[C@@]1(c3ccc(O)c(O)c3)Oc3c4c(c5c(c3[C@@H]2[C@H]1O)O[C@]1(c2ccc(O)c(O)c2)Oc2cc(O)cc(O)c2[C@H]5[C@H]1O)O[C@H](c1ccc(O)c(O)c1)[C@H](O)[C@H]4c1c(O)cc(O)c2c1O[C@H](c1ccc(O)c(O)c1)[C@H](O)C2. The molecule has 6 aliphatic heterocycles. The van der Waals surface area contributed by atoms with Crippen LogP contribution in [0.2, 0.25) is 0 Å². The van der Waals surface area contributed by atoms with Crippen molar-refractivity contribution in [2.75, 3.05) is 0 Å². The molecular weight excluding hydrogens is 1100 g/mol. The van der Waals surface area contributed by atoms with Gasteiger partial charge < -0.3 is 120 Å². The molecule has 0 saturated carbocycles. The maximum atomic E-state index is 13.5. The third kappa shape index (κ3) is 7.01. The monoisotopic (exact) mass is 1150 g/mol. The summed E-state index contributed by atoms with van der Waals surface area (Å²) in [6.45, 7) is 0. The molecule has 24 nitrogen and oxygen atoms in total. The molecule has 8 aromatic rings. The van der Waals surface area contributed by atoms with Gasteiger partial charge in [-0.2, -0.15) is 0 Å². The fourth-order valence-corrected chi connectivity index (χ4v) is 12.9. The summed E-state index contributed by atoms with van der Waals surface area (Å²) in [5.74, 6) is -22.7. The van der Waals surface area contributed by atoms with Crippen molar-refractivity contribution in [2.45, 2.75) is 72.4 Å². The van der Waals surface area contributed by atoms with Gasteiger partial charge in [0.05, 0.1) is 23.9 Å². The van der Waals surface area contributed by atoms with Crippen LogP contribution in [-0.4, -0.2) is 116 Å². The van der Waals surface area contributed by atoms with Gasteiger partial charge in [0.25, 0.3) is 0 Å². The van der Waals surface area contributed by atoms with E-state index in [1.54, 1.807) is 0 Å². The number of hydrogen-bond donors (Lipinski definition) is 18. The van der Waals surface area contributed by atoms with Crippen LogP contribution in [-0.2, 0) is 18.0 Å². The maximum Gasteiger partial charge on any atom is 0.305 e. The summed E-state index contributed by atoms with van der Waals surface area (Å²) < 4.78 is 41.0. The fraction of sp³-hybridized carbons (Fsp3) is 0.200. The molecule has 0 aromatic heterocycles. The van der Waals surface area contributed by atoms with Crippen molar-refractivity contribution in [1.82, 2.24) is 0 Å². The Morgan fingerprint density at radius 1 is 0.333 bits per heavy atom. The molecule has 11 atom stereocenters. The number of rotatable bonds is 5. The van der Waals surface area contributed by atoms with E-state index in [-0.39, 0.29) is 67.1 Å². The van der Waals surface area contributed by atoms with Crippen molar-refractivity contribution in [2.24, 2.45) is 0 Å². The zero-order valence-corrected chi connectivity index (χ0v) is 42.7. The summed E-state index contributed by atoms with van der Waals surface area (Å²) >= 11 is 0. The van der Waals surface area contributed by atoms with E-state index in [9.17, 15) is 91.9 Å². The number of fused-ring (bicyclic) bond motifs is 17. The Kier molecular flexibility index (Phi) is 10.8. The van der Waals surface area contributed by atoms with Crippen LogP contribution in [0.5, 0.6) is 115 Å². The number of aromatic hydroxyl groups is 14. The molecule has 0 spiro atoms. The lowest BCUT2D eigenvalue weighted by atomic mass is 9.67. The van der Waals surface area contributed by atoms with Crippen LogP contribution < -0.4 is 28.4 Å². The fourth-order valence-electron chi connectivity index (χ4n) is 12.9. The predicted molar refractivity (Wildman–Crippen MR) is 281 cm³/mol. The number of benzene rings is 8. The van der Waals surface area contributed by atoms with Crippen molar-refractivity contribution in [3.63, 3.8) is 0 Å². The zero-order valence-electron chi connectivity index (χ0n) is 42.7. The topological polar surface area (TPSA) is 420 Å². The molecule has 0 unspecified atom stereocenters. The zero-order chi connectivity index (χ0) is 59.1. The summed E-state index contributed by atoms with van der Waals surface area (Å²) in [7, 11) is 0. The highest BCUT2D eigenvalue weighted by Crippen LogP contribution is 2.71. The molecule has 0 fully saturated rings. The Labute approximate surface area is 470 Å². The normalized spacial score (nSPS) is 26.3. The van der Waals surface area contributed by atoms with Crippen molar-refractivity contribution in [1.29, 1.82) is 0 Å². The third-order valence-electron chi connectivity index (χ3n) is 16.7. The van der Waals surface area contributed by atoms with Gasteiger partial charge in [-0.1, -0.05) is 12.1 Å². The number of hydrogen-bond acceptors (Lipinski definition) is 24. The Bertz CT molecular complexity index is 4180. The number of ether oxygens (including phenoxy) is 6. The average Bonchev–Trinajstić information content (AvgIpc) is 1.10. The number of phenols is 14. The van der Waals surface area contributed by atoms with Crippen LogP contribution in [0.1, 0.15) is 91.2 Å². The second-order valence-corrected chi connectivity index (χ2v) is 21.4. The molecular formula is C60H46O24. The summed E-state index contributed by atoms with van der Waals surface area (Å²) in [6.07, 6.45) is -11.6. The van der Waals surface area contributed by atoms with E-state index in [0.29, 0.717) is 0 Å². The maximum absolute atomic E-state index is 13.5. The molecule has 430 valence electrons. The lowest BCUT2D eigenvalue weighted by Gasteiger charge is -2.55. The first kappa shape index (κ1) is 51.7. The number of aliphatic hydroxyl groups is 4. The van der Waals surface area contributed by atoms with Crippen LogP contribution in [0, 0.1) is 0 Å². The minimum atomic E-state index is -2.69. The van der Waals surface area contributed by atoms with Gasteiger partial charge in [-0.15, -0.1) is 0 Å². The molecule has 0 radical (unpaired) electrons. The number of phenolic OH excluding ortho intramolecular Hbond substituents is 14. The largest absolute Gasteiger partial charge is 0.508 e. The van der Waals surface area contributed by atoms with Crippen molar-refractivity contribution in [3.05, 3.63) is 164 Å². The Morgan fingerprint density at radius 3 is 1.23 bits per heavy atom. The van der Waals surface area contributed by atoms with Gasteiger partial charge in [0.15, 0.2) is 52.1 Å². The molecule has 0 saturated heterocycles. The second-order valence-electron chi connectivity index (χ2n) is 21.4. The van der Waals surface area contributed by atoms with Gasteiger partial charge in [-0.25, -0.2) is 0 Å². The van der Waals surface area contributed by atoms with Gasteiger partial charge in [-0.3, -0.25) is 0 Å². The Balaban J connectivity index is 1.16. The molecule has 6 aliphatic rings. The first-order valence-electron chi connectivity index (χ1n) is 25.8. The minimum absolute atomic E-state index is 0.0699. The van der Waals surface area contributed by atoms with Gasteiger partial charge in [0, 0.05) is 86.8 Å². The highest BCUT2D eigenvalue weighted by atomic mass is 16.7. The van der Waals surface area contributed by atoms with Gasteiger partial charge >= 0.3 is 11.6 Å². The summed E-state index contributed by atoms with van der Waals surface area (Å²) in [6, 6.07) is 18.2. The lowest BCUT2D eigenvalue weighted by Crippen LogP contribution is -2.60. The van der Waals surface area contributed by atoms with Gasteiger partial charge in [-0.05, 0) is 71.8 Å². The molecule has 4 bridgehead atoms. The lowest BCUT2D eigenvalue weighted by molar-refractivity contribution is -0.228. The first-order valence-corrected chi connectivity index (χ1v) is 25.8. The summed E-state index contributed by atoms with van der Waals surface area (Å²) in [5, 5.41) is 208. The molecule has 14 rings (SSSR count). The van der Waals surface area contributed by atoms with Crippen LogP contribution in [0.4, 0.5) is 0 Å². The summed E-state index contributed by atoms with van der Waals surface area (Å²) in [5.41, 5.74) is -2.63. The highest BCUT2D eigenvalue weighted by molar-refractivity contribution is 5.78. The van der Waals surface area contributed by atoms with E-state index >= 15 is 0 Å². The van der Waals surface area contributed by atoms with E-state index in [2.05, 4.69) is 0 Å². The smallest absolute Gasteiger partial charge is 0.305 e. The minimum Gasteiger partial charge on any atom is -0.508 e. The van der Waals surface area contributed by atoms with E-state index in [0.717, 1.165) is 78.9 Å². The predicted octanol–water partition coefficient (Wildman–Crippen LogP) is 5.49. The van der Waals surface area contributed by atoms with Crippen LogP contribution >= 0.6 is 0 Å². The van der Waals surface area contributed by atoms with Crippen LogP contribution in [0.25, 0.3) is 0 Å². The quantitative estimate of drug-likeness (QED) is 0.0947. The van der Waals surface area contributed by atoms with Crippen molar-refractivity contribution >= 4 is 0 Å². The molecule has 0 aliphatic carbocycles. The Morgan fingerprint density at radius 2 is 0.750 bits per heavy atom. The Hall–Kier alpha value is -10.4. The second kappa shape index (κ2) is 17.6. The summed E-state index contributed by atoms with van der Waals surface area (Å²) in [4.78, 5) is 0. The average molecular weight is 1150 g/mol. The van der Waals surface area contributed by atoms with E-state index in [4.69, 9.17) is 28.4 Å². The van der Waals surface area contributed by atoms with E-state index < -0.39 is 181 Å². The van der Waals surface area contributed by atoms with Gasteiger partial charge in [0.2, 0.25) is 0 Å². The molecule has 84 heavy (non-hydrogen) atoms.